The molecule has 0 bridgehead atoms. The van der Waals surface area contributed by atoms with Gasteiger partial charge in [-0.1, -0.05) is 26.0 Å². The molecule has 1 amide bonds. The molecule has 0 unspecified atom stereocenters. The third kappa shape index (κ3) is 5.87. The Morgan fingerprint density at radius 2 is 1.88 bits per heavy atom. The fraction of sp³-hybridized carbons (Fsp3) is 0.350. The summed E-state index contributed by atoms with van der Waals surface area (Å²) in [5.41, 5.74) is 1.40. The predicted molar refractivity (Wildman–Crippen MR) is 97.5 cm³/mol. The number of carbonyl (C=O) groups excluding carboxylic acids is 1. The second kappa shape index (κ2) is 9.18. The molecule has 0 radical (unpaired) electrons. The Morgan fingerprint density at radius 3 is 2.48 bits per heavy atom. The molecule has 0 heterocycles. The van der Waals surface area contributed by atoms with Gasteiger partial charge in [0.1, 0.15) is 5.75 Å². The van der Waals surface area contributed by atoms with Crippen LogP contribution in [0.4, 0.5) is 4.39 Å². The number of ether oxygens (including phenoxy) is 1. The summed E-state index contributed by atoms with van der Waals surface area (Å²) in [6.45, 7) is 6.18. The molecule has 25 heavy (non-hydrogen) atoms. The molecule has 0 spiro atoms. The normalized spacial score (nSPS) is 10.8. The molecule has 2 aromatic carbocycles. The Morgan fingerprint density at radius 1 is 1.16 bits per heavy atom. The molecule has 0 saturated carbocycles. The summed E-state index contributed by atoms with van der Waals surface area (Å²) < 4.78 is 19.6. The van der Waals surface area contributed by atoms with Gasteiger partial charge in [-0.05, 0) is 54.8 Å². The number of carbonyl (C=O) groups is 1. The van der Waals surface area contributed by atoms with E-state index in [1.165, 1.54) is 25.2 Å². The van der Waals surface area contributed by atoms with Crippen molar-refractivity contribution in [2.75, 3.05) is 13.6 Å². The van der Waals surface area contributed by atoms with Crippen LogP contribution in [0.3, 0.4) is 0 Å². The van der Waals surface area contributed by atoms with Crippen LogP contribution in [0.2, 0.25) is 0 Å². The molecule has 0 fully saturated rings. The van der Waals surface area contributed by atoms with Crippen molar-refractivity contribution in [3.05, 3.63) is 59.4 Å². The van der Waals surface area contributed by atoms with Crippen LogP contribution in [0.1, 0.15) is 36.2 Å². The van der Waals surface area contributed by atoms with Gasteiger partial charge in [0.15, 0.2) is 11.6 Å². The Bertz CT molecular complexity index is 699. The number of benzene rings is 2. The van der Waals surface area contributed by atoms with Gasteiger partial charge in [0.2, 0.25) is 0 Å². The summed E-state index contributed by atoms with van der Waals surface area (Å²) in [6.07, 6.45) is 1.15. The van der Waals surface area contributed by atoms with Crippen LogP contribution in [0.25, 0.3) is 0 Å². The lowest BCUT2D eigenvalue weighted by Gasteiger charge is -2.10. The van der Waals surface area contributed by atoms with Crippen molar-refractivity contribution in [3.63, 3.8) is 0 Å². The van der Waals surface area contributed by atoms with Crippen LogP contribution >= 0.6 is 0 Å². The average Bonchev–Trinajstić information content (AvgIpc) is 2.61. The average molecular weight is 344 g/mol. The summed E-state index contributed by atoms with van der Waals surface area (Å²) in [4.78, 5) is 11.5. The topological polar surface area (TPSA) is 50.4 Å². The highest BCUT2D eigenvalue weighted by molar-refractivity contribution is 5.94. The summed E-state index contributed by atoms with van der Waals surface area (Å²) in [7, 11) is 1.50. The van der Waals surface area contributed by atoms with Gasteiger partial charge in [0.05, 0.1) is 0 Å². The molecule has 2 rings (SSSR count). The smallest absolute Gasteiger partial charge is 0.251 e. The van der Waals surface area contributed by atoms with E-state index in [4.69, 9.17) is 4.74 Å². The van der Waals surface area contributed by atoms with Crippen LogP contribution in [-0.2, 0) is 6.54 Å². The van der Waals surface area contributed by atoms with Crippen LogP contribution < -0.4 is 15.4 Å². The zero-order chi connectivity index (χ0) is 18.2. The molecule has 2 N–H and O–H groups in total. The summed E-state index contributed by atoms with van der Waals surface area (Å²) in [6, 6.07) is 11.7. The highest BCUT2D eigenvalue weighted by Crippen LogP contribution is 2.25. The van der Waals surface area contributed by atoms with Crippen LogP contribution in [0.15, 0.2) is 42.5 Å². The number of hydrogen-bond acceptors (Lipinski definition) is 3. The van der Waals surface area contributed by atoms with E-state index in [1.807, 2.05) is 24.3 Å². The first-order chi connectivity index (χ1) is 12.0. The van der Waals surface area contributed by atoms with E-state index >= 15 is 0 Å². The lowest BCUT2D eigenvalue weighted by atomic mass is 10.1. The lowest BCUT2D eigenvalue weighted by molar-refractivity contribution is 0.0962. The Kier molecular flexibility index (Phi) is 6.95. The molecule has 0 aliphatic carbocycles. The van der Waals surface area contributed by atoms with Gasteiger partial charge in [-0.25, -0.2) is 4.39 Å². The maximum absolute atomic E-state index is 14.1. The molecule has 0 aliphatic heterocycles. The SMILES string of the molecule is CNC(=O)c1ccc(Oc2ccc(CNCCC(C)C)cc2)c(F)c1. The summed E-state index contributed by atoms with van der Waals surface area (Å²) in [5.74, 6) is 0.432. The summed E-state index contributed by atoms with van der Waals surface area (Å²) in [5, 5.41) is 5.85. The Balaban J connectivity index is 1.93. The third-order valence-corrected chi connectivity index (χ3v) is 3.80. The van der Waals surface area contributed by atoms with Gasteiger partial charge in [0, 0.05) is 19.2 Å². The highest BCUT2D eigenvalue weighted by Gasteiger charge is 2.10. The fourth-order valence-corrected chi connectivity index (χ4v) is 2.29. The van der Waals surface area contributed by atoms with Crippen molar-refractivity contribution in [2.24, 2.45) is 5.92 Å². The van der Waals surface area contributed by atoms with Crippen LogP contribution in [0, 0.1) is 11.7 Å². The van der Waals surface area contributed by atoms with E-state index in [1.54, 1.807) is 0 Å². The maximum Gasteiger partial charge on any atom is 0.251 e. The second-order valence-corrected chi connectivity index (χ2v) is 6.33. The van der Waals surface area contributed by atoms with E-state index in [-0.39, 0.29) is 17.2 Å². The Hall–Kier alpha value is -2.40. The molecule has 5 heteroatoms. The zero-order valence-electron chi connectivity index (χ0n) is 14.9. The van der Waals surface area contributed by atoms with Gasteiger partial charge in [-0.15, -0.1) is 0 Å². The first-order valence-electron chi connectivity index (χ1n) is 8.48. The monoisotopic (exact) mass is 344 g/mol. The van der Waals surface area contributed by atoms with E-state index in [0.29, 0.717) is 11.7 Å². The molecule has 0 aliphatic rings. The number of nitrogens with one attached hydrogen (secondary N) is 2. The van der Waals surface area contributed by atoms with E-state index in [9.17, 15) is 9.18 Å². The fourth-order valence-electron chi connectivity index (χ4n) is 2.29. The zero-order valence-corrected chi connectivity index (χ0v) is 14.9. The number of amides is 1. The van der Waals surface area contributed by atoms with Gasteiger partial charge in [-0.2, -0.15) is 0 Å². The van der Waals surface area contributed by atoms with Crippen molar-refractivity contribution >= 4 is 5.91 Å². The van der Waals surface area contributed by atoms with Gasteiger partial charge >= 0.3 is 0 Å². The predicted octanol–water partition coefficient (Wildman–Crippen LogP) is 4.11. The van der Waals surface area contributed by atoms with Crippen molar-refractivity contribution in [3.8, 4) is 11.5 Å². The van der Waals surface area contributed by atoms with Crippen molar-refractivity contribution in [2.45, 2.75) is 26.8 Å². The second-order valence-electron chi connectivity index (χ2n) is 6.33. The van der Waals surface area contributed by atoms with Gasteiger partial charge in [-0.3, -0.25) is 4.79 Å². The molecular weight excluding hydrogens is 319 g/mol. The molecule has 2 aromatic rings. The van der Waals surface area contributed by atoms with E-state index in [2.05, 4.69) is 24.5 Å². The quantitative estimate of drug-likeness (QED) is 0.709. The number of rotatable bonds is 8. The Labute approximate surface area is 148 Å². The molecule has 134 valence electrons. The standard InChI is InChI=1S/C20H25FN2O2/c1-14(2)10-11-23-13-15-4-7-17(8-5-15)25-19-9-6-16(12-18(19)21)20(24)22-3/h4-9,12,14,23H,10-11,13H2,1-3H3,(H,22,24). The van der Waals surface area contributed by atoms with E-state index in [0.717, 1.165) is 25.1 Å². The third-order valence-electron chi connectivity index (χ3n) is 3.80. The van der Waals surface area contributed by atoms with E-state index < -0.39 is 5.82 Å². The molecule has 0 saturated heterocycles. The van der Waals surface area contributed by atoms with Gasteiger partial charge in [0.25, 0.3) is 5.91 Å². The minimum Gasteiger partial charge on any atom is -0.454 e. The number of hydrogen-bond donors (Lipinski definition) is 2. The lowest BCUT2D eigenvalue weighted by Crippen LogP contribution is -2.17. The van der Waals surface area contributed by atoms with Gasteiger partial charge < -0.3 is 15.4 Å². The van der Waals surface area contributed by atoms with Crippen molar-refractivity contribution in [1.29, 1.82) is 0 Å². The first kappa shape index (κ1) is 18.9. The minimum atomic E-state index is -0.569. The first-order valence-corrected chi connectivity index (χ1v) is 8.48. The van der Waals surface area contributed by atoms with Crippen LogP contribution in [0.5, 0.6) is 11.5 Å². The largest absolute Gasteiger partial charge is 0.454 e. The van der Waals surface area contributed by atoms with Crippen molar-refractivity contribution in [1.82, 2.24) is 10.6 Å². The van der Waals surface area contributed by atoms with Crippen molar-refractivity contribution < 1.29 is 13.9 Å². The minimum absolute atomic E-state index is 0.0930. The highest BCUT2D eigenvalue weighted by atomic mass is 19.1. The number of halogens is 1. The summed E-state index contributed by atoms with van der Waals surface area (Å²) >= 11 is 0. The molecular formula is C20H25FN2O2. The van der Waals surface area contributed by atoms with Crippen LogP contribution in [-0.4, -0.2) is 19.5 Å². The molecule has 4 nitrogen and oxygen atoms in total. The molecule has 0 atom stereocenters. The molecule has 0 aromatic heterocycles. The maximum atomic E-state index is 14.1.